The first-order valence-corrected chi connectivity index (χ1v) is 9.80. The Morgan fingerprint density at radius 1 is 1.10 bits per heavy atom. The molecule has 30 heavy (non-hydrogen) atoms. The van der Waals surface area contributed by atoms with Crippen LogP contribution in [0.4, 0.5) is 4.79 Å². The number of hydrogen-bond acceptors (Lipinski definition) is 6. The van der Waals surface area contributed by atoms with Crippen molar-refractivity contribution in [3.05, 3.63) is 65.2 Å². The molecule has 160 valence electrons. The van der Waals surface area contributed by atoms with Gasteiger partial charge in [0.25, 0.3) is 5.91 Å². The Morgan fingerprint density at radius 2 is 1.77 bits per heavy atom. The van der Waals surface area contributed by atoms with E-state index in [0.29, 0.717) is 18.5 Å². The summed E-state index contributed by atoms with van der Waals surface area (Å²) in [5.41, 5.74) is 2.43. The van der Waals surface area contributed by atoms with Crippen LogP contribution in [-0.4, -0.2) is 56.1 Å². The maximum absolute atomic E-state index is 12.3. The smallest absolute Gasteiger partial charge is 0.407 e. The summed E-state index contributed by atoms with van der Waals surface area (Å²) in [4.78, 5) is 23.8. The summed E-state index contributed by atoms with van der Waals surface area (Å²) in [7, 11) is 3.19. The van der Waals surface area contributed by atoms with Gasteiger partial charge in [-0.25, -0.2) is 4.79 Å². The summed E-state index contributed by atoms with van der Waals surface area (Å²) in [6.07, 6.45) is -1.41. The van der Waals surface area contributed by atoms with Gasteiger partial charge in [0.2, 0.25) is 0 Å². The van der Waals surface area contributed by atoms with Crippen molar-refractivity contribution in [2.24, 2.45) is 0 Å². The van der Waals surface area contributed by atoms with E-state index in [2.05, 4.69) is 16.0 Å². The molecule has 3 rings (SSSR count). The molecule has 1 unspecified atom stereocenters. The molecule has 1 aliphatic rings. The Bertz CT molecular complexity index is 854. The maximum Gasteiger partial charge on any atom is 0.407 e. The fourth-order valence-electron chi connectivity index (χ4n) is 3.39. The quantitative estimate of drug-likeness (QED) is 0.544. The first kappa shape index (κ1) is 21.6. The Hall–Kier alpha value is -3.10. The first-order chi connectivity index (χ1) is 14.5. The molecule has 1 fully saturated rings. The average Bonchev–Trinajstić information content (AvgIpc) is 3.11. The minimum absolute atomic E-state index is 0.167. The van der Waals surface area contributed by atoms with E-state index in [1.165, 1.54) is 0 Å². The third kappa shape index (κ3) is 5.49. The van der Waals surface area contributed by atoms with Gasteiger partial charge in [0.15, 0.2) is 0 Å². The van der Waals surface area contributed by atoms with Gasteiger partial charge in [-0.3, -0.25) is 4.79 Å². The third-order valence-corrected chi connectivity index (χ3v) is 5.10. The lowest BCUT2D eigenvalue weighted by Gasteiger charge is -2.22. The molecule has 0 radical (unpaired) electrons. The number of nitrogens with one attached hydrogen (secondary N) is 3. The summed E-state index contributed by atoms with van der Waals surface area (Å²) in [5, 5.41) is 18.7. The summed E-state index contributed by atoms with van der Waals surface area (Å²) in [6.45, 7) is 0.617. The summed E-state index contributed by atoms with van der Waals surface area (Å²) in [5.74, 6) is 0.605. The molecule has 0 bridgehead atoms. The number of alkyl carbamates (subject to hydrolysis) is 1. The van der Waals surface area contributed by atoms with Gasteiger partial charge in [-0.15, -0.1) is 0 Å². The number of carbonyl (C=O) groups is 2. The standard InChI is InChI=1S/C22H27N3O5/c1-23-21(27)16-7-3-15(4-8-16)12-25-22(28)30-20-18(24-13-19(20)26)11-14-5-9-17(29-2)10-6-14/h3-10,18-20,24,26H,11-13H2,1-2H3,(H,23,27)(H,25,28)/t18-,19?,20+/m1/s1. The molecule has 4 N–H and O–H groups in total. The van der Waals surface area contributed by atoms with E-state index in [4.69, 9.17) is 9.47 Å². The van der Waals surface area contributed by atoms with Crippen LogP contribution in [0.2, 0.25) is 0 Å². The van der Waals surface area contributed by atoms with Crippen molar-refractivity contribution in [2.75, 3.05) is 20.7 Å². The lowest BCUT2D eigenvalue weighted by Crippen LogP contribution is -2.41. The molecule has 0 saturated carbocycles. The van der Waals surface area contributed by atoms with Gasteiger partial charge in [-0.2, -0.15) is 0 Å². The number of benzene rings is 2. The van der Waals surface area contributed by atoms with Crippen LogP contribution in [0, 0.1) is 0 Å². The van der Waals surface area contributed by atoms with Gasteiger partial charge in [0, 0.05) is 25.7 Å². The summed E-state index contributed by atoms with van der Waals surface area (Å²) in [6, 6.07) is 14.4. The molecule has 2 amide bonds. The van der Waals surface area contributed by atoms with Gasteiger partial charge in [-0.05, 0) is 41.8 Å². The molecule has 0 aromatic heterocycles. The summed E-state index contributed by atoms with van der Waals surface area (Å²) >= 11 is 0. The summed E-state index contributed by atoms with van der Waals surface area (Å²) < 4.78 is 10.7. The number of carbonyl (C=O) groups excluding carboxylic acids is 2. The van der Waals surface area contributed by atoms with Crippen LogP contribution in [0.3, 0.4) is 0 Å². The molecule has 8 heteroatoms. The lowest BCUT2D eigenvalue weighted by molar-refractivity contribution is 0.0188. The number of methoxy groups -OCH3 is 1. The fourth-order valence-corrected chi connectivity index (χ4v) is 3.39. The molecule has 0 aliphatic carbocycles. The highest BCUT2D eigenvalue weighted by Gasteiger charge is 2.37. The van der Waals surface area contributed by atoms with Crippen LogP contribution < -0.4 is 20.7 Å². The van der Waals surface area contributed by atoms with Gasteiger partial charge in [0.1, 0.15) is 18.0 Å². The zero-order chi connectivity index (χ0) is 21.5. The molecule has 1 saturated heterocycles. The van der Waals surface area contributed by atoms with Crippen LogP contribution >= 0.6 is 0 Å². The Labute approximate surface area is 175 Å². The Kier molecular flexibility index (Phi) is 7.26. The van der Waals surface area contributed by atoms with Gasteiger partial charge in [-0.1, -0.05) is 24.3 Å². The average molecular weight is 413 g/mol. The third-order valence-electron chi connectivity index (χ3n) is 5.10. The molecule has 2 aromatic rings. The Balaban J connectivity index is 1.52. The highest BCUT2D eigenvalue weighted by molar-refractivity contribution is 5.93. The normalized spacial score (nSPS) is 20.4. The van der Waals surface area contributed by atoms with Crippen molar-refractivity contribution in [1.29, 1.82) is 0 Å². The van der Waals surface area contributed by atoms with E-state index < -0.39 is 18.3 Å². The van der Waals surface area contributed by atoms with Crippen LogP contribution in [0.5, 0.6) is 5.75 Å². The van der Waals surface area contributed by atoms with E-state index in [1.54, 1.807) is 38.4 Å². The topological polar surface area (TPSA) is 109 Å². The number of aliphatic hydroxyl groups excluding tert-OH is 1. The van der Waals surface area contributed by atoms with E-state index in [1.807, 2.05) is 24.3 Å². The van der Waals surface area contributed by atoms with E-state index in [9.17, 15) is 14.7 Å². The highest BCUT2D eigenvalue weighted by atomic mass is 16.6. The van der Waals surface area contributed by atoms with E-state index >= 15 is 0 Å². The SMILES string of the molecule is CNC(=O)c1ccc(CNC(=O)O[C@@H]2C(O)CN[C@@H]2Cc2ccc(OC)cc2)cc1. The number of hydrogen-bond donors (Lipinski definition) is 4. The number of β-amino-alcohol motifs (C(OH)–C–C–N with tert-alkyl or cyclic N) is 1. The monoisotopic (exact) mass is 413 g/mol. The van der Waals surface area contributed by atoms with Crippen molar-refractivity contribution >= 4 is 12.0 Å². The molecule has 3 atom stereocenters. The second-order valence-corrected chi connectivity index (χ2v) is 7.13. The zero-order valence-corrected chi connectivity index (χ0v) is 17.1. The van der Waals surface area contributed by atoms with Crippen molar-refractivity contribution in [3.8, 4) is 5.75 Å². The van der Waals surface area contributed by atoms with Gasteiger partial charge >= 0.3 is 6.09 Å². The van der Waals surface area contributed by atoms with Crippen molar-refractivity contribution < 1.29 is 24.2 Å². The lowest BCUT2D eigenvalue weighted by atomic mass is 10.0. The van der Waals surface area contributed by atoms with Crippen molar-refractivity contribution in [1.82, 2.24) is 16.0 Å². The number of ether oxygens (including phenoxy) is 2. The minimum atomic E-state index is -0.772. The van der Waals surface area contributed by atoms with Crippen LogP contribution in [0.15, 0.2) is 48.5 Å². The molecular weight excluding hydrogens is 386 g/mol. The molecule has 0 spiro atoms. The number of amides is 2. The maximum atomic E-state index is 12.3. The van der Waals surface area contributed by atoms with E-state index in [0.717, 1.165) is 16.9 Å². The first-order valence-electron chi connectivity index (χ1n) is 9.80. The highest BCUT2D eigenvalue weighted by Crippen LogP contribution is 2.19. The molecule has 1 heterocycles. The van der Waals surface area contributed by atoms with Crippen LogP contribution in [0.25, 0.3) is 0 Å². The van der Waals surface area contributed by atoms with Gasteiger partial charge < -0.3 is 30.5 Å². The van der Waals surface area contributed by atoms with Crippen molar-refractivity contribution in [3.63, 3.8) is 0 Å². The molecule has 2 aromatic carbocycles. The van der Waals surface area contributed by atoms with Crippen LogP contribution in [-0.2, 0) is 17.7 Å². The zero-order valence-electron chi connectivity index (χ0n) is 17.1. The van der Waals surface area contributed by atoms with Crippen LogP contribution in [0.1, 0.15) is 21.5 Å². The minimum Gasteiger partial charge on any atom is -0.497 e. The van der Waals surface area contributed by atoms with Gasteiger partial charge in [0.05, 0.1) is 13.2 Å². The van der Waals surface area contributed by atoms with Crippen molar-refractivity contribution in [2.45, 2.75) is 31.2 Å². The van der Waals surface area contributed by atoms with E-state index in [-0.39, 0.29) is 18.5 Å². The fraction of sp³-hybridized carbons (Fsp3) is 0.364. The molecule has 1 aliphatic heterocycles. The second kappa shape index (κ2) is 10.1. The number of rotatable bonds is 7. The predicted octanol–water partition coefficient (Wildman–Crippen LogP) is 1.23. The molecule has 8 nitrogen and oxygen atoms in total. The largest absolute Gasteiger partial charge is 0.497 e. The second-order valence-electron chi connectivity index (χ2n) is 7.13. The molecular formula is C22H27N3O5. The Morgan fingerprint density at radius 3 is 2.40 bits per heavy atom. The predicted molar refractivity (Wildman–Crippen MR) is 111 cm³/mol. The number of aliphatic hydroxyl groups is 1.